The molecule has 2 rings (SSSR count). The minimum atomic E-state index is 0.0480. The molecule has 0 radical (unpaired) electrons. The van der Waals surface area contributed by atoms with Gasteiger partial charge in [-0.1, -0.05) is 31.4 Å². The molecule has 1 aromatic rings. The molecule has 1 amide bonds. The van der Waals surface area contributed by atoms with E-state index in [-0.39, 0.29) is 5.91 Å². The first kappa shape index (κ1) is 13.9. The SMILES string of the molecule is CNc1ccc(C)cc1C(=O)NC1CCCCC1C. The van der Waals surface area contributed by atoms with E-state index in [0.29, 0.717) is 12.0 Å². The van der Waals surface area contributed by atoms with Crippen LogP contribution >= 0.6 is 0 Å². The minimum absolute atomic E-state index is 0.0480. The lowest BCUT2D eigenvalue weighted by molar-refractivity contribution is 0.0911. The quantitative estimate of drug-likeness (QED) is 0.875. The summed E-state index contributed by atoms with van der Waals surface area (Å²) in [5.41, 5.74) is 2.76. The van der Waals surface area contributed by atoms with Gasteiger partial charge < -0.3 is 10.6 Å². The van der Waals surface area contributed by atoms with E-state index in [4.69, 9.17) is 0 Å². The molecule has 3 heteroatoms. The Labute approximate surface area is 115 Å². The third-order valence-corrected chi connectivity index (χ3v) is 4.12. The van der Waals surface area contributed by atoms with E-state index in [1.54, 1.807) is 0 Å². The third-order valence-electron chi connectivity index (χ3n) is 4.12. The maximum Gasteiger partial charge on any atom is 0.253 e. The van der Waals surface area contributed by atoms with E-state index in [0.717, 1.165) is 23.2 Å². The lowest BCUT2D eigenvalue weighted by atomic mass is 9.86. The van der Waals surface area contributed by atoms with Crippen LogP contribution < -0.4 is 10.6 Å². The summed E-state index contributed by atoms with van der Waals surface area (Å²) in [6.45, 7) is 4.25. The fraction of sp³-hybridized carbons (Fsp3) is 0.562. The number of hydrogen-bond acceptors (Lipinski definition) is 2. The Balaban J connectivity index is 2.13. The van der Waals surface area contributed by atoms with Crippen LogP contribution in [0.4, 0.5) is 5.69 Å². The summed E-state index contributed by atoms with van der Waals surface area (Å²) in [7, 11) is 1.85. The van der Waals surface area contributed by atoms with Crippen LogP contribution in [0, 0.1) is 12.8 Å². The molecule has 1 fully saturated rings. The molecule has 1 aliphatic rings. The fourth-order valence-electron chi connectivity index (χ4n) is 2.84. The Morgan fingerprint density at radius 3 is 2.68 bits per heavy atom. The van der Waals surface area contributed by atoms with E-state index >= 15 is 0 Å². The predicted octanol–water partition coefficient (Wildman–Crippen LogP) is 3.35. The normalized spacial score (nSPS) is 22.9. The second-order valence-electron chi connectivity index (χ2n) is 5.64. The monoisotopic (exact) mass is 260 g/mol. The van der Waals surface area contributed by atoms with Crippen LogP contribution in [0.15, 0.2) is 18.2 Å². The molecule has 1 aromatic carbocycles. The second-order valence-corrected chi connectivity index (χ2v) is 5.64. The van der Waals surface area contributed by atoms with E-state index in [1.165, 1.54) is 19.3 Å². The highest BCUT2D eigenvalue weighted by molar-refractivity contribution is 6.00. The number of anilines is 1. The van der Waals surface area contributed by atoms with Crippen molar-refractivity contribution in [1.82, 2.24) is 5.32 Å². The lowest BCUT2D eigenvalue weighted by Gasteiger charge is -2.29. The largest absolute Gasteiger partial charge is 0.387 e. The van der Waals surface area contributed by atoms with Crippen LogP contribution in [0.3, 0.4) is 0 Å². The summed E-state index contributed by atoms with van der Waals surface area (Å²) in [6.07, 6.45) is 4.84. The zero-order valence-corrected chi connectivity index (χ0v) is 12.1. The van der Waals surface area contributed by atoms with Crippen LogP contribution in [0.25, 0.3) is 0 Å². The van der Waals surface area contributed by atoms with Crippen LogP contribution in [-0.2, 0) is 0 Å². The van der Waals surface area contributed by atoms with Crippen molar-refractivity contribution in [1.29, 1.82) is 0 Å². The van der Waals surface area contributed by atoms with Crippen LogP contribution in [0.5, 0.6) is 0 Å². The zero-order chi connectivity index (χ0) is 13.8. The van der Waals surface area contributed by atoms with Crippen molar-refractivity contribution in [3.8, 4) is 0 Å². The molecule has 0 spiro atoms. The summed E-state index contributed by atoms with van der Waals surface area (Å²) in [5.74, 6) is 0.632. The molecular formula is C16H24N2O. The predicted molar refractivity (Wildman–Crippen MR) is 79.6 cm³/mol. The Bertz CT molecular complexity index is 456. The topological polar surface area (TPSA) is 41.1 Å². The van der Waals surface area contributed by atoms with E-state index in [9.17, 15) is 4.79 Å². The molecule has 2 unspecified atom stereocenters. The van der Waals surface area contributed by atoms with Crippen molar-refractivity contribution in [3.63, 3.8) is 0 Å². The summed E-state index contributed by atoms with van der Waals surface area (Å²) in [6, 6.07) is 6.26. The molecule has 2 atom stereocenters. The Morgan fingerprint density at radius 2 is 2.00 bits per heavy atom. The number of benzene rings is 1. The minimum Gasteiger partial charge on any atom is -0.387 e. The number of rotatable bonds is 3. The van der Waals surface area contributed by atoms with Crippen LogP contribution in [0.1, 0.15) is 48.5 Å². The van der Waals surface area contributed by atoms with Gasteiger partial charge in [-0.05, 0) is 37.8 Å². The Kier molecular flexibility index (Phi) is 4.46. The number of hydrogen-bond donors (Lipinski definition) is 2. The molecule has 1 aliphatic carbocycles. The highest BCUT2D eigenvalue weighted by atomic mass is 16.1. The van der Waals surface area contributed by atoms with Gasteiger partial charge in [0.1, 0.15) is 0 Å². The van der Waals surface area contributed by atoms with E-state index < -0.39 is 0 Å². The van der Waals surface area contributed by atoms with Gasteiger partial charge in [-0.3, -0.25) is 4.79 Å². The summed E-state index contributed by atoms with van der Waals surface area (Å²) in [4.78, 5) is 12.4. The first-order valence-corrected chi connectivity index (χ1v) is 7.21. The average Bonchev–Trinajstić information content (AvgIpc) is 2.41. The highest BCUT2D eigenvalue weighted by Gasteiger charge is 2.24. The standard InChI is InChI=1S/C16H24N2O/c1-11-8-9-15(17-3)13(10-11)16(19)18-14-7-5-4-6-12(14)2/h8-10,12,14,17H,4-7H2,1-3H3,(H,18,19). The van der Waals surface area contributed by atoms with Crippen molar-refractivity contribution >= 4 is 11.6 Å². The number of aryl methyl sites for hydroxylation is 1. The maximum atomic E-state index is 12.4. The first-order chi connectivity index (χ1) is 9.11. The molecule has 19 heavy (non-hydrogen) atoms. The van der Waals surface area contributed by atoms with Crippen molar-refractivity contribution in [2.75, 3.05) is 12.4 Å². The highest BCUT2D eigenvalue weighted by Crippen LogP contribution is 2.25. The van der Waals surface area contributed by atoms with Crippen molar-refractivity contribution in [2.24, 2.45) is 5.92 Å². The zero-order valence-electron chi connectivity index (χ0n) is 12.1. The van der Waals surface area contributed by atoms with Gasteiger partial charge in [0.05, 0.1) is 5.56 Å². The van der Waals surface area contributed by atoms with Crippen molar-refractivity contribution in [2.45, 2.75) is 45.6 Å². The number of carbonyl (C=O) groups excluding carboxylic acids is 1. The number of carbonyl (C=O) groups is 1. The number of nitrogens with one attached hydrogen (secondary N) is 2. The molecule has 0 bridgehead atoms. The number of amides is 1. The van der Waals surface area contributed by atoms with Gasteiger partial charge in [0.15, 0.2) is 0 Å². The summed E-state index contributed by atoms with van der Waals surface area (Å²) >= 11 is 0. The van der Waals surface area contributed by atoms with Gasteiger partial charge in [0, 0.05) is 18.8 Å². The van der Waals surface area contributed by atoms with E-state index in [1.807, 2.05) is 32.2 Å². The molecular weight excluding hydrogens is 236 g/mol. The molecule has 0 aliphatic heterocycles. The third kappa shape index (κ3) is 3.28. The fourth-order valence-corrected chi connectivity index (χ4v) is 2.84. The van der Waals surface area contributed by atoms with Crippen LogP contribution in [-0.4, -0.2) is 19.0 Å². The second kappa shape index (κ2) is 6.09. The Hall–Kier alpha value is -1.51. The molecule has 3 nitrogen and oxygen atoms in total. The molecule has 0 heterocycles. The van der Waals surface area contributed by atoms with Crippen molar-refractivity contribution in [3.05, 3.63) is 29.3 Å². The summed E-state index contributed by atoms with van der Waals surface area (Å²) in [5, 5.41) is 6.30. The smallest absolute Gasteiger partial charge is 0.253 e. The van der Waals surface area contributed by atoms with Crippen molar-refractivity contribution < 1.29 is 4.79 Å². The average molecular weight is 260 g/mol. The van der Waals surface area contributed by atoms with Gasteiger partial charge in [0.25, 0.3) is 5.91 Å². The Morgan fingerprint density at radius 1 is 1.26 bits per heavy atom. The lowest BCUT2D eigenvalue weighted by Crippen LogP contribution is -2.41. The van der Waals surface area contributed by atoms with Crippen LogP contribution in [0.2, 0.25) is 0 Å². The van der Waals surface area contributed by atoms with E-state index in [2.05, 4.69) is 17.6 Å². The molecule has 0 saturated heterocycles. The van der Waals surface area contributed by atoms with Gasteiger partial charge in [-0.2, -0.15) is 0 Å². The molecule has 104 valence electrons. The van der Waals surface area contributed by atoms with Gasteiger partial charge in [0.2, 0.25) is 0 Å². The van der Waals surface area contributed by atoms with Gasteiger partial charge in [-0.25, -0.2) is 0 Å². The molecule has 0 aromatic heterocycles. The molecule has 1 saturated carbocycles. The maximum absolute atomic E-state index is 12.4. The first-order valence-electron chi connectivity index (χ1n) is 7.21. The van der Waals surface area contributed by atoms with Gasteiger partial charge >= 0.3 is 0 Å². The summed E-state index contributed by atoms with van der Waals surface area (Å²) < 4.78 is 0. The molecule has 2 N–H and O–H groups in total. The van der Waals surface area contributed by atoms with Gasteiger partial charge in [-0.15, -0.1) is 0 Å².